The first-order valence-electron chi connectivity index (χ1n) is 8.94. The van der Waals surface area contributed by atoms with Crippen molar-refractivity contribution in [1.82, 2.24) is 0 Å². The summed E-state index contributed by atoms with van der Waals surface area (Å²) < 4.78 is 0. The molecule has 25 heavy (non-hydrogen) atoms. The molecular formula is C21H28N2O2. The third-order valence-corrected chi connectivity index (χ3v) is 5.23. The Balaban J connectivity index is 2.31. The van der Waals surface area contributed by atoms with Crippen molar-refractivity contribution in [2.24, 2.45) is 11.3 Å². The molecule has 0 atom stereocenters. The first kappa shape index (κ1) is 19.1. The molecule has 4 heteroatoms. The molecule has 134 valence electrons. The van der Waals surface area contributed by atoms with Crippen LogP contribution in [-0.4, -0.2) is 17.1 Å². The molecule has 1 aromatic carbocycles. The lowest BCUT2D eigenvalue weighted by Crippen LogP contribution is -2.44. The Morgan fingerprint density at radius 1 is 1.16 bits per heavy atom. The second kappa shape index (κ2) is 7.74. The lowest BCUT2D eigenvalue weighted by molar-refractivity contribution is -0.115. The summed E-state index contributed by atoms with van der Waals surface area (Å²) in [5.74, 6) is 0.00625. The largest absolute Gasteiger partial charge is 0.511 e. The molecule has 0 saturated heterocycles. The number of aliphatic hydroxyl groups excluding tert-OH is 1. The van der Waals surface area contributed by atoms with E-state index in [0.29, 0.717) is 5.92 Å². The normalized spacial score (nSPS) is 21.9. The van der Waals surface area contributed by atoms with Gasteiger partial charge in [-0.2, -0.15) is 5.26 Å². The number of hydrogen-bond donors (Lipinski definition) is 1. The van der Waals surface area contributed by atoms with Crippen LogP contribution in [-0.2, 0) is 4.79 Å². The lowest BCUT2D eigenvalue weighted by atomic mass is 9.71. The Kier molecular flexibility index (Phi) is 5.89. The first-order valence-corrected chi connectivity index (χ1v) is 8.94. The van der Waals surface area contributed by atoms with E-state index in [1.54, 1.807) is 4.90 Å². The fraction of sp³-hybridized carbons (Fsp3) is 0.524. The maximum absolute atomic E-state index is 13.0. The van der Waals surface area contributed by atoms with E-state index in [9.17, 15) is 15.2 Å². The van der Waals surface area contributed by atoms with Gasteiger partial charge in [-0.05, 0) is 56.1 Å². The maximum atomic E-state index is 13.0. The quantitative estimate of drug-likeness (QED) is 0.479. The van der Waals surface area contributed by atoms with Gasteiger partial charge in [0.1, 0.15) is 11.8 Å². The molecular weight excluding hydrogens is 312 g/mol. The van der Waals surface area contributed by atoms with E-state index < -0.39 is 5.91 Å². The minimum atomic E-state index is -0.409. The van der Waals surface area contributed by atoms with E-state index >= 15 is 0 Å². The van der Waals surface area contributed by atoms with Crippen LogP contribution in [0.3, 0.4) is 0 Å². The minimum absolute atomic E-state index is 0.0520. The Hall–Kier alpha value is -2.28. The third kappa shape index (κ3) is 4.42. The fourth-order valence-corrected chi connectivity index (χ4v) is 3.69. The molecule has 1 aliphatic carbocycles. The van der Waals surface area contributed by atoms with E-state index in [2.05, 4.69) is 20.8 Å². The minimum Gasteiger partial charge on any atom is -0.511 e. The number of aliphatic hydroxyl groups is 1. The smallest absolute Gasteiger partial charge is 0.272 e. The van der Waals surface area contributed by atoms with Crippen LogP contribution in [0.5, 0.6) is 0 Å². The van der Waals surface area contributed by atoms with Gasteiger partial charge in [0.05, 0.1) is 0 Å². The number of benzene rings is 1. The van der Waals surface area contributed by atoms with Crippen LogP contribution in [0.15, 0.2) is 41.7 Å². The van der Waals surface area contributed by atoms with Gasteiger partial charge in [-0.15, -0.1) is 0 Å². The summed E-state index contributed by atoms with van der Waals surface area (Å²) in [5, 5.41) is 19.0. The molecule has 1 amide bonds. The van der Waals surface area contributed by atoms with Crippen molar-refractivity contribution < 1.29 is 9.90 Å². The summed E-state index contributed by atoms with van der Waals surface area (Å²) >= 11 is 0. The van der Waals surface area contributed by atoms with Gasteiger partial charge in [-0.1, -0.05) is 39.0 Å². The van der Waals surface area contributed by atoms with E-state index in [-0.39, 0.29) is 22.8 Å². The highest BCUT2D eigenvalue weighted by Crippen LogP contribution is 2.40. The van der Waals surface area contributed by atoms with Gasteiger partial charge in [0.15, 0.2) is 5.57 Å². The number of carbonyl (C=O) groups excluding carboxylic acids is 1. The highest BCUT2D eigenvalue weighted by molar-refractivity contribution is 6.08. The van der Waals surface area contributed by atoms with Crippen LogP contribution in [0.4, 0.5) is 5.69 Å². The molecule has 0 aromatic heterocycles. The average molecular weight is 340 g/mol. The summed E-state index contributed by atoms with van der Waals surface area (Å²) in [7, 11) is 0. The Morgan fingerprint density at radius 3 is 2.16 bits per heavy atom. The molecule has 0 spiro atoms. The van der Waals surface area contributed by atoms with Crippen molar-refractivity contribution in [2.75, 3.05) is 4.90 Å². The van der Waals surface area contributed by atoms with Crippen LogP contribution >= 0.6 is 0 Å². The zero-order valence-corrected chi connectivity index (χ0v) is 15.6. The predicted molar refractivity (Wildman–Crippen MR) is 100 cm³/mol. The van der Waals surface area contributed by atoms with Gasteiger partial charge in [0.2, 0.25) is 0 Å². The summed E-state index contributed by atoms with van der Waals surface area (Å²) in [6, 6.07) is 11.4. The van der Waals surface area contributed by atoms with Crippen LogP contribution in [0.25, 0.3) is 0 Å². The number of para-hydroxylation sites is 1. The number of anilines is 1. The maximum Gasteiger partial charge on any atom is 0.272 e. The van der Waals surface area contributed by atoms with Crippen molar-refractivity contribution in [2.45, 2.75) is 59.4 Å². The number of carbonyl (C=O) groups is 1. The number of amides is 1. The van der Waals surface area contributed by atoms with Crippen molar-refractivity contribution >= 4 is 11.6 Å². The molecule has 1 saturated carbocycles. The van der Waals surface area contributed by atoms with E-state index in [4.69, 9.17) is 0 Å². The van der Waals surface area contributed by atoms with Gasteiger partial charge in [0.25, 0.3) is 5.91 Å². The Labute approximate surface area is 150 Å². The standard InChI is InChI=1S/C21H28N2O2/c1-15(24)19(14-22)20(25)23(17-8-6-5-7-9-17)18-12-10-16(11-13-18)21(2,3)4/h5-9,16,18,24H,10-13H2,1-4H3. The van der Waals surface area contributed by atoms with Crippen molar-refractivity contribution in [1.29, 1.82) is 5.26 Å². The van der Waals surface area contributed by atoms with Crippen LogP contribution in [0.2, 0.25) is 0 Å². The van der Waals surface area contributed by atoms with Gasteiger partial charge in [0, 0.05) is 11.7 Å². The van der Waals surface area contributed by atoms with Gasteiger partial charge in [-0.25, -0.2) is 0 Å². The molecule has 0 radical (unpaired) electrons. The molecule has 1 fully saturated rings. The summed E-state index contributed by atoms with van der Waals surface area (Å²) in [5.41, 5.74) is 0.869. The van der Waals surface area contributed by atoms with Crippen molar-refractivity contribution in [3.63, 3.8) is 0 Å². The summed E-state index contributed by atoms with van der Waals surface area (Å²) in [6.45, 7) is 8.19. The monoisotopic (exact) mass is 340 g/mol. The molecule has 0 unspecified atom stereocenters. The second-order valence-electron chi connectivity index (χ2n) is 7.95. The summed E-state index contributed by atoms with van der Waals surface area (Å²) in [6.07, 6.45) is 3.94. The predicted octanol–water partition coefficient (Wildman–Crippen LogP) is 4.98. The number of nitrogens with zero attached hydrogens (tertiary/aromatic N) is 2. The van der Waals surface area contributed by atoms with Gasteiger partial charge < -0.3 is 10.0 Å². The van der Waals surface area contributed by atoms with Crippen LogP contribution in [0.1, 0.15) is 53.4 Å². The zero-order valence-electron chi connectivity index (χ0n) is 15.6. The molecule has 0 aliphatic heterocycles. The molecule has 1 aromatic rings. The zero-order chi connectivity index (χ0) is 18.6. The van der Waals surface area contributed by atoms with Crippen LogP contribution in [0, 0.1) is 22.7 Å². The molecule has 0 bridgehead atoms. The van der Waals surface area contributed by atoms with Crippen molar-refractivity contribution in [3.8, 4) is 6.07 Å². The van der Waals surface area contributed by atoms with Crippen molar-refractivity contribution in [3.05, 3.63) is 41.7 Å². The number of rotatable bonds is 3. The molecule has 1 aliphatic rings. The second-order valence-corrected chi connectivity index (χ2v) is 7.95. The topological polar surface area (TPSA) is 64.3 Å². The molecule has 1 N–H and O–H groups in total. The Morgan fingerprint density at radius 2 is 1.72 bits per heavy atom. The highest BCUT2D eigenvalue weighted by Gasteiger charge is 2.35. The van der Waals surface area contributed by atoms with Gasteiger partial charge >= 0.3 is 0 Å². The van der Waals surface area contributed by atoms with Crippen LogP contribution < -0.4 is 4.90 Å². The number of allylic oxidation sites excluding steroid dienone is 1. The SMILES string of the molecule is CC(O)=C(C#N)C(=O)N(c1ccccc1)C1CCC(C(C)(C)C)CC1. The molecule has 0 heterocycles. The van der Waals surface area contributed by atoms with E-state index in [0.717, 1.165) is 31.4 Å². The molecule has 4 nitrogen and oxygen atoms in total. The number of nitriles is 1. The Bertz CT molecular complexity index is 668. The van der Waals surface area contributed by atoms with E-state index in [1.807, 2.05) is 36.4 Å². The van der Waals surface area contributed by atoms with E-state index in [1.165, 1.54) is 6.92 Å². The fourth-order valence-electron chi connectivity index (χ4n) is 3.69. The first-order chi connectivity index (χ1) is 11.8. The third-order valence-electron chi connectivity index (χ3n) is 5.23. The molecule has 2 rings (SSSR count). The van der Waals surface area contributed by atoms with Gasteiger partial charge in [-0.3, -0.25) is 4.79 Å². The average Bonchev–Trinajstić information content (AvgIpc) is 2.56. The summed E-state index contributed by atoms with van der Waals surface area (Å²) in [4.78, 5) is 14.7. The highest BCUT2D eigenvalue weighted by atomic mass is 16.3. The lowest BCUT2D eigenvalue weighted by Gasteiger charge is -2.41. The number of hydrogen-bond acceptors (Lipinski definition) is 3.